The lowest BCUT2D eigenvalue weighted by Gasteiger charge is -2.38. The molecule has 3 aromatic rings. The van der Waals surface area contributed by atoms with Crippen LogP contribution in [0.3, 0.4) is 0 Å². The maximum absolute atomic E-state index is 12.2. The van der Waals surface area contributed by atoms with Crippen LogP contribution in [-0.2, 0) is 11.8 Å². The zero-order chi connectivity index (χ0) is 20.9. The number of piperidine rings is 1. The molecule has 0 bridgehead atoms. The number of amides is 3. The first-order valence-corrected chi connectivity index (χ1v) is 10.2. The van der Waals surface area contributed by atoms with Gasteiger partial charge in [0, 0.05) is 25.7 Å². The number of hydrogen-bond donors (Lipinski definition) is 2. The van der Waals surface area contributed by atoms with Gasteiger partial charge >= 0.3 is 6.03 Å². The highest BCUT2D eigenvalue weighted by atomic mass is 16.2. The second-order valence-electron chi connectivity index (χ2n) is 8.32. The highest BCUT2D eigenvalue weighted by Crippen LogP contribution is 2.33. The Morgan fingerprint density at radius 3 is 2.47 bits per heavy atom. The Bertz CT molecular complexity index is 1150. The molecule has 0 aliphatic carbocycles. The van der Waals surface area contributed by atoms with Crippen molar-refractivity contribution in [1.82, 2.24) is 25.4 Å². The summed E-state index contributed by atoms with van der Waals surface area (Å²) in [5.74, 6) is 1.51. The molecular weight excluding hydrogens is 380 g/mol. The molecule has 30 heavy (non-hydrogen) atoms. The van der Waals surface area contributed by atoms with Crippen LogP contribution >= 0.6 is 0 Å². The first kappa shape index (κ1) is 18.6. The van der Waals surface area contributed by atoms with Crippen LogP contribution in [0.2, 0.25) is 0 Å². The van der Waals surface area contributed by atoms with Gasteiger partial charge in [-0.25, -0.2) is 4.79 Å². The third-order valence-corrected chi connectivity index (χ3v) is 6.53. The van der Waals surface area contributed by atoms with Crippen molar-refractivity contribution < 1.29 is 9.59 Å². The molecule has 2 aromatic carbocycles. The fourth-order valence-corrected chi connectivity index (χ4v) is 4.68. The van der Waals surface area contributed by atoms with E-state index in [0.717, 1.165) is 43.3 Å². The Kier molecular flexibility index (Phi) is 4.23. The third-order valence-electron chi connectivity index (χ3n) is 6.53. The van der Waals surface area contributed by atoms with Crippen molar-refractivity contribution in [3.05, 3.63) is 42.5 Å². The smallest absolute Gasteiger partial charge is 0.322 e. The average molecular weight is 404 g/mol. The number of fused-ring (bicyclic) bond motifs is 1. The zero-order valence-electron chi connectivity index (χ0n) is 17.1. The zero-order valence-corrected chi connectivity index (χ0v) is 17.1. The van der Waals surface area contributed by atoms with E-state index in [1.54, 1.807) is 0 Å². The molecule has 1 aromatic heterocycles. The van der Waals surface area contributed by atoms with E-state index in [4.69, 9.17) is 0 Å². The molecule has 3 heterocycles. The SMILES string of the molecule is Cn1c(-c2ccc3ccccc3c2)nnc1N1CCC(C2(C)NC(=O)NC2=O)CC1. The van der Waals surface area contributed by atoms with Gasteiger partial charge in [-0.2, -0.15) is 0 Å². The van der Waals surface area contributed by atoms with Gasteiger partial charge in [0.25, 0.3) is 5.91 Å². The van der Waals surface area contributed by atoms with Crippen LogP contribution in [0.1, 0.15) is 19.8 Å². The molecular formula is C22H24N6O2. The summed E-state index contributed by atoms with van der Waals surface area (Å²) < 4.78 is 2.02. The van der Waals surface area contributed by atoms with Crippen molar-refractivity contribution in [1.29, 1.82) is 0 Å². The molecule has 2 saturated heterocycles. The van der Waals surface area contributed by atoms with E-state index in [9.17, 15) is 9.59 Å². The van der Waals surface area contributed by atoms with Crippen LogP contribution in [0, 0.1) is 5.92 Å². The Morgan fingerprint density at radius 1 is 1.03 bits per heavy atom. The van der Waals surface area contributed by atoms with E-state index in [1.807, 2.05) is 30.7 Å². The predicted molar refractivity (Wildman–Crippen MR) is 114 cm³/mol. The summed E-state index contributed by atoms with van der Waals surface area (Å²) >= 11 is 0. The number of aromatic nitrogens is 3. The number of anilines is 1. The van der Waals surface area contributed by atoms with Crippen molar-refractivity contribution in [2.75, 3.05) is 18.0 Å². The van der Waals surface area contributed by atoms with Gasteiger partial charge in [-0.15, -0.1) is 10.2 Å². The molecule has 0 saturated carbocycles. The summed E-state index contributed by atoms with van der Waals surface area (Å²) in [4.78, 5) is 26.0. The fraction of sp³-hybridized carbons (Fsp3) is 0.364. The Balaban J connectivity index is 1.35. The van der Waals surface area contributed by atoms with Gasteiger partial charge in [-0.1, -0.05) is 36.4 Å². The van der Waals surface area contributed by atoms with E-state index in [2.05, 4.69) is 56.1 Å². The van der Waals surface area contributed by atoms with Crippen molar-refractivity contribution in [3.63, 3.8) is 0 Å². The average Bonchev–Trinajstić information content (AvgIpc) is 3.26. The van der Waals surface area contributed by atoms with Crippen LogP contribution in [-0.4, -0.2) is 45.3 Å². The number of benzene rings is 2. The first-order chi connectivity index (χ1) is 14.5. The summed E-state index contributed by atoms with van der Waals surface area (Å²) in [5, 5.41) is 16.4. The largest absolute Gasteiger partial charge is 0.341 e. The number of hydrogen-bond acceptors (Lipinski definition) is 5. The van der Waals surface area contributed by atoms with Crippen molar-refractivity contribution in [2.24, 2.45) is 13.0 Å². The number of carbonyl (C=O) groups excluding carboxylic acids is 2. The molecule has 3 amide bonds. The van der Waals surface area contributed by atoms with E-state index < -0.39 is 11.6 Å². The van der Waals surface area contributed by atoms with Crippen LogP contribution in [0.5, 0.6) is 0 Å². The lowest BCUT2D eigenvalue weighted by Crippen LogP contribution is -2.54. The molecule has 2 aliphatic heterocycles. The number of nitrogens with zero attached hydrogens (tertiary/aromatic N) is 4. The Labute approximate surface area is 174 Å². The van der Waals surface area contributed by atoms with Crippen LogP contribution in [0.4, 0.5) is 10.7 Å². The Hall–Kier alpha value is -3.42. The quantitative estimate of drug-likeness (QED) is 0.654. The van der Waals surface area contributed by atoms with Crippen LogP contribution < -0.4 is 15.5 Å². The summed E-state index contributed by atoms with van der Waals surface area (Å²) in [5.41, 5.74) is 0.196. The van der Waals surface area contributed by atoms with E-state index >= 15 is 0 Å². The van der Waals surface area contributed by atoms with Gasteiger partial charge in [0.05, 0.1) is 0 Å². The monoisotopic (exact) mass is 404 g/mol. The molecule has 2 fully saturated rings. The number of rotatable bonds is 3. The molecule has 5 rings (SSSR count). The molecule has 1 unspecified atom stereocenters. The lowest BCUT2D eigenvalue weighted by atomic mass is 9.79. The number of nitrogens with one attached hydrogen (secondary N) is 2. The van der Waals surface area contributed by atoms with E-state index in [1.165, 1.54) is 10.8 Å². The van der Waals surface area contributed by atoms with Gasteiger partial charge in [-0.3, -0.25) is 14.7 Å². The topological polar surface area (TPSA) is 92.2 Å². The van der Waals surface area contributed by atoms with Gasteiger partial charge in [0.1, 0.15) is 5.54 Å². The molecule has 2 aliphatic rings. The summed E-state index contributed by atoms with van der Waals surface area (Å²) in [7, 11) is 1.98. The highest BCUT2D eigenvalue weighted by molar-refractivity contribution is 6.07. The summed E-state index contributed by atoms with van der Waals surface area (Å²) in [6.45, 7) is 3.33. The maximum Gasteiger partial charge on any atom is 0.322 e. The lowest BCUT2D eigenvalue weighted by molar-refractivity contribution is -0.125. The molecule has 2 N–H and O–H groups in total. The predicted octanol–water partition coefficient (Wildman–Crippen LogP) is 2.45. The van der Waals surface area contributed by atoms with E-state index in [-0.39, 0.29) is 11.8 Å². The molecule has 0 spiro atoms. The van der Waals surface area contributed by atoms with Gasteiger partial charge in [-0.05, 0) is 42.5 Å². The minimum Gasteiger partial charge on any atom is -0.341 e. The first-order valence-electron chi connectivity index (χ1n) is 10.2. The number of imide groups is 1. The van der Waals surface area contributed by atoms with Gasteiger partial charge < -0.3 is 10.2 Å². The second kappa shape index (κ2) is 6.83. The number of carbonyl (C=O) groups is 2. The summed E-state index contributed by atoms with van der Waals surface area (Å²) in [6.07, 6.45) is 1.59. The van der Waals surface area contributed by atoms with Crippen molar-refractivity contribution >= 4 is 28.7 Å². The standard InChI is InChI=1S/C22H24N6O2/c1-22(19(29)23-20(30)24-22)17-9-11-28(12-10-17)21-26-25-18(27(21)2)16-8-7-14-5-3-4-6-15(14)13-16/h3-8,13,17H,9-12H2,1-2H3,(H2,23,24,29,30). The fourth-order valence-electron chi connectivity index (χ4n) is 4.68. The van der Waals surface area contributed by atoms with Crippen LogP contribution in [0.25, 0.3) is 22.2 Å². The second-order valence-corrected chi connectivity index (χ2v) is 8.32. The summed E-state index contributed by atoms with van der Waals surface area (Å²) in [6, 6.07) is 14.2. The molecule has 154 valence electrons. The van der Waals surface area contributed by atoms with Crippen molar-refractivity contribution in [3.8, 4) is 11.4 Å². The minimum atomic E-state index is -0.834. The highest BCUT2D eigenvalue weighted by Gasteiger charge is 2.48. The normalized spacial score (nSPS) is 22.4. The van der Waals surface area contributed by atoms with Crippen LogP contribution in [0.15, 0.2) is 42.5 Å². The Morgan fingerprint density at radius 2 is 1.77 bits per heavy atom. The number of urea groups is 1. The van der Waals surface area contributed by atoms with Gasteiger partial charge in [0.15, 0.2) is 5.82 Å². The van der Waals surface area contributed by atoms with E-state index in [0.29, 0.717) is 0 Å². The van der Waals surface area contributed by atoms with Gasteiger partial charge in [0.2, 0.25) is 5.95 Å². The maximum atomic E-state index is 12.2. The minimum absolute atomic E-state index is 0.0911. The third kappa shape index (κ3) is 2.91. The van der Waals surface area contributed by atoms with Crippen molar-refractivity contribution in [2.45, 2.75) is 25.3 Å². The molecule has 0 radical (unpaired) electrons. The molecule has 8 heteroatoms. The molecule has 1 atom stereocenters. The molecule has 8 nitrogen and oxygen atoms in total.